The SMILES string of the molecule is CCc1ccc(CC)c(C(C)S(=O)(=O)c2ccccn2)c1. The lowest BCUT2D eigenvalue weighted by Gasteiger charge is -2.17. The zero-order valence-electron chi connectivity index (χ0n) is 12.7. The molecular weight excluding hydrogens is 282 g/mol. The monoisotopic (exact) mass is 303 g/mol. The molecule has 0 spiro atoms. The van der Waals surface area contributed by atoms with Gasteiger partial charge in [0, 0.05) is 6.20 Å². The molecule has 1 unspecified atom stereocenters. The number of pyridine rings is 1. The van der Waals surface area contributed by atoms with Crippen LogP contribution in [0.5, 0.6) is 0 Å². The van der Waals surface area contributed by atoms with Crippen LogP contribution < -0.4 is 0 Å². The van der Waals surface area contributed by atoms with E-state index in [0.717, 1.165) is 29.5 Å². The first-order valence-corrected chi connectivity index (χ1v) is 8.82. The standard InChI is InChI=1S/C17H21NO2S/c1-4-14-9-10-15(5-2)16(12-14)13(3)21(19,20)17-8-6-7-11-18-17/h6-13H,4-5H2,1-3H3. The molecule has 0 amide bonds. The molecule has 0 saturated heterocycles. The Balaban J connectivity index is 2.51. The van der Waals surface area contributed by atoms with Gasteiger partial charge in [-0.3, -0.25) is 0 Å². The summed E-state index contributed by atoms with van der Waals surface area (Å²) in [6.07, 6.45) is 3.23. The van der Waals surface area contributed by atoms with E-state index in [1.165, 1.54) is 6.20 Å². The Morgan fingerprint density at radius 2 is 1.86 bits per heavy atom. The number of hydrogen-bond donors (Lipinski definition) is 0. The molecule has 0 aliphatic rings. The average molecular weight is 303 g/mol. The van der Waals surface area contributed by atoms with Gasteiger partial charge in [-0.15, -0.1) is 0 Å². The van der Waals surface area contributed by atoms with Gasteiger partial charge < -0.3 is 0 Å². The molecule has 1 aromatic heterocycles. The second-order valence-corrected chi connectivity index (χ2v) is 7.31. The Hall–Kier alpha value is -1.68. The van der Waals surface area contributed by atoms with Gasteiger partial charge in [0.15, 0.2) is 5.03 Å². The first-order chi connectivity index (χ1) is 10.0. The molecule has 2 rings (SSSR count). The van der Waals surface area contributed by atoms with Gasteiger partial charge in [0.05, 0.1) is 5.25 Å². The maximum atomic E-state index is 12.7. The highest BCUT2D eigenvalue weighted by Crippen LogP contribution is 2.30. The molecule has 4 heteroatoms. The van der Waals surface area contributed by atoms with Crippen molar-refractivity contribution in [3.05, 3.63) is 59.3 Å². The van der Waals surface area contributed by atoms with E-state index in [2.05, 4.69) is 18.0 Å². The van der Waals surface area contributed by atoms with Crippen LogP contribution in [0.3, 0.4) is 0 Å². The van der Waals surface area contributed by atoms with Crippen LogP contribution in [0.15, 0.2) is 47.6 Å². The van der Waals surface area contributed by atoms with Crippen molar-refractivity contribution in [1.82, 2.24) is 4.98 Å². The van der Waals surface area contributed by atoms with E-state index in [-0.39, 0.29) is 5.03 Å². The second-order valence-electron chi connectivity index (χ2n) is 5.10. The second kappa shape index (κ2) is 6.39. The summed E-state index contributed by atoms with van der Waals surface area (Å²) < 4.78 is 25.5. The van der Waals surface area contributed by atoms with Crippen LogP contribution in [0, 0.1) is 0 Å². The Bertz CT molecular complexity index is 709. The molecule has 0 N–H and O–H groups in total. The minimum atomic E-state index is -3.46. The summed E-state index contributed by atoms with van der Waals surface area (Å²) in [5.41, 5.74) is 3.13. The Morgan fingerprint density at radius 3 is 2.43 bits per heavy atom. The average Bonchev–Trinajstić information content (AvgIpc) is 2.54. The molecule has 3 nitrogen and oxygen atoms in total. The summed E-state index contributed by atoms with van der Waals surface area (Å²) in [5, 5.41) is -0.449. The normalized spacial score (nSPS) is 13.1. The third-order valence-corrected chi connectivity index (χ3v) is 5.84. The van der Waals surface area contributed by atoms with Crippen LogP contribution in [0.2, 0.25) is 0 Å². The van der Waals surface area contributed by atoms with Crippen molar-refractivity contribution in [3.63, 3.8) is 0 Å². The third-order valence-electron chi connectivity index (χ3n) is 3.83. The summed E-state index contributed by atoms with van der Waals surface area (Å²) in [6, 6.07) is 11.1. The van der Waals surface area contributed by atoms with E-state index >= 15 is 0 Å². The van der Waals surface area contributed by atoms with Crippen molar-refractivity contribution in [2.24, 2.45) is 0 Å². The quantitative estimate of drug-likeness (QED) is 0.845. The molecule has 2 aromatic rings. The summed E-state index contributed by atoms with van der Waals surface area (Å²) in [4.78, 5) is 4.01. The molecule has 0 aliphatic heterocycles. The van der Waals surface area contributed by atoms with Crippen LogP contribution in [0.4, 0.5) is 0 Å². The lowest BCUT2D eigenvalue weighted by molar-refractivity contribution is 0.582. The maximum absolute atomic E-state index is 12.7. The number of hydrogen-bond acceptors (Lipinski definition) is 3. The number of benzene rings is 1. The molecule has 0 saturated carbocycles. The molecule has 1 aromatic carbocycles. The summed E-state index contributed by atoms with van der Waals surface area (Å²) in [5.74, 6) is 0. The molecule has 0 radical (unpaired) electrons. The lowest BCUT2D eigenvalue weighted by Crippen LogP contribution is -2.14. The first-order valence-electron chi connectivity index (χ1n) is 7.27. The van der Waals surface area contributed by atoms with Gasteiger partial charge in [-0.2, -0.15) is 0 Å². The van der Waals surface area contributed by atoms with Gasteiger partial charge in [-0.25, -0.2) is 13.4 Å². The lowest BCUT2D eigenvalue weighted by atomic mass is 9.99. The minimum Gasteiger partial charge on any atom is -0.245 e. The molecule has 1 atom stereocenters. The minimum absolute atomic E-state index is 0.140. The van der Waals surface area contributed by atoms with E-state index in [1.54, 1.807) is 25.1 Å². The van der Waals surface area contributed by atoms with E-state index in [9.17, 15) is 8.42 Å². The fourth-order valence-corrected chi connectivity index (χ4v) is 3.82. The third kappa shape index (κ3) is 3.16. The summed E-state index contributed by atoms with van der Waals surface area (Å²) in [6.45, 7) is 5.87. The highest BCUT2D eigenvalue weighted by molar-refractivity contribution is 7.91. The van der Waals surface area contributed by atoms with Gasteiger partial charge in [-0.1, -0.05) is 38.1 Å². The van der Waals surface area contributed by atoms with Crippen LogP contribution in [-0.4, -0.2) is 13.4 Å². The van der Waals surface area contributed by atoms with Crippen molar-refractivity contribution in [3.8, 4) is 0 Å². The number of sulfone groups is 1. The predicted octanol–water partition coefficient (Wildman–Crippen LogP) is 3.74. The Morgan fingerprint density at radius 1 is 1.10 bits per heavy atom. The number of nitrogens with zero attached hydrogens (tertiary/aromatic N) is 1. The Labute approximate surface area is 127 Å². The molecular formula is C17H21NO2S. The van der Waals surface area contributed by atoms with Crippen LogP contribution >= 0.6 is 0 Å². The summed E-state index contributed by atoms with van der Waals surface area (Å²) >= 11 is 0. The zero-order chi connectivity index (χ0) is 15.5. The predicted molar refractivity (Wildman–Crippen MR) is 85.0 cm³/mol. The van der Waals surface area contributed by atoms with Crippen molar-refractivity contribution in [1.29, 1.82) is 0 Å². The van der Waals surface area contributed by atoms with Crippen LogP contribution in [0.1, 0.15) is 42.7 Å². The van der Waals surface area contributed by atoms with Crippen molar-refractivity contribution < 1.29 is 8.42 Å². The van der Waals surface area contributed by atoms with Gasteiger partial charge in [0.25, 0.3) is 0 Å². The topological polar surface area (TPSA) is 47.0 Å². The van der Waals surface area contributed by atoms with Gasteiger partial charge >= 0.3 is 0 Å². The van der Waals surface area contributed by atoms with Crippen molar-refractivity contribution >= 4 is 9.84 Å². The molecule has 1 heterocycles. The van der Waals surface area contributed by atoms with Gasteiger partial charge in [-0.05, 0) is 48.6 Å². The van der Waals surface area contributed by atoms with E-state index in [4.69, 9.17) is 0 Å². The van der Waals surface area contributed by atoms with Crippen molar-refractivity contribution in [2.75, 3.05) is 0 Å². The molecule has 0 fully saturated rings. The molecule has 21 heavy (non-hydrogen) atoms. The maximum Gasteiger partial charge on any atom is 0.202 e. The number of aromatic nitrogens is 1. The zero-order valence-corrected chi connectivity index (χ0v) is 13.5. The first kappa shape index (κ1) is 15.7. The number of aryl methyl sites for hydroxylation is 2. The van der Waals surface area contributed by atoms with Gasteiger partial charge in [0.1, 0.15) is 0 Å². The fraction of sp³-hybridized carbons (Fsp3) is 0.353. The highest BCUT2D eigenvalue weighted by Gasteiger charge is 2.27. The molecule has 112 valence electrons. The summed E-state index contributed by atoms with van der Waals surface area (Å²) in [7, 11) is -3.46. The Kier molecular flexibility index (Phi) is 4.78. The highest BCUT2D eigenvalue weighted by atomic mass is 32.2. The van der Waals surface area contributed by atoms with Crippen LogP contribution in [-0.2, 0) is 22.7 Å². The largest absolute Gasteiger partial charge is 0.245 e. The molecule has 0 aliphatic carbocycles. The smallest absolute Gasteiger partial charge is 0.202 e. The van der Waals surface area contributed by atoms with E-state index in [1.807, 2.05) is 19.1 Å². The molecule has 0 bridgehead atoms. The van der Waals surface area contributed by atoms with Crippen LogP contribution in [0.25, 0.3) is 0 Å². The van der Waals surface area contributed by atoms with E-state index in [0.29, 0.717) is 0 Å². The van der Waals surface area contributed by atoms with E-state index < -0.39 is 15.1 Å². The van der Waals surface area contributed by atoms with Gasteiger partial charge in [0.2, 0.25) is 9.84 Å². The van der Waals surface area contributed by atoms with Crippen molar-refractivity contribution in [2.45, 2.75) is 43.9 Å². The fourth-order valence-electron chi connectivity index (χ4n) is 2.43. The number of rotatable bonds is 5.